The van der Waals surface area contributed by atoms with Gasteiger partial charge in [-0.3, -0.25) is 0 Å². The molecule has 2 N–H and O–H groups in total. The Hall–Kier alpha value is -0.450. The zero-order valence-electron chi connectivity index (χ0n) is 10.1. The maximum atomic E-state index is 8.99. The van der Waals surface area contributed by atoms with Crippen molar-refractivity contribution in [2.75, 3.05) is 13.2 Å². The molecule has 0 saturated carbocycles. The summed E-state index contributed by atoms with van der Waals surface area (Å²) in [6.45, 7) is 6.55. The van der Waals surface area contributed by atoms with Gasteiger partial charge in [-0.1, -0.05) is 13.8 Å². The molecule has 1 aromatic heterocycles. The number of aliphatic hydroxyl groups is 1. The standard InChI is InChI=1S/C12H22N2OS/c1-10(2)5-11(3-4-15)6-13-7-12-8-16-9-14-12/h8-11,13,15H,3-7H2,1-2H3. The minimum Gasteiger partial charge on any atom is -0.396 e. The van der Waals surface area contributed by atoms with Crippen LogP contribution in [0.25, 0.3) is 0 Å². The van der Waals surface area contributed by atoms with Gasteiger partial charge in [0, 0.05) is 18.5 Å². The van der Waals surface area contributed by atoms with E-state index in [2.05, 4.69) is 29.5 Å². The van der Waals surface area contributed by atoms with Crippen molar-refractivity contribution in [2.24, 2.45) is 11.8 Å². The van der Waals surface area contributed by atoms with Gasteiger partial charge >= 0.3 is 0 Å². The average molecular weight is 242 g/mol. The molecule has 0 bridgehead atoms. The maximum Gasteiger partial charge on any atom is 0.0795 e. The van der Waals surface area contributed by atoms with E-state index < -0.39 is 0 Å². The van der Waals surface area contributed by atoms with E-state index in [9.17, 15) is 0 Å². The lowest BCUT2D eigenvalue weighted by Gasteiger charge is -2.18. The molecule has 1 unspecified atom stereocenters. The van der Waals surface area contributed by atoms with Crippen LogP contribution in [0.2, 0.25) is 0 Å². The molecule has 1 aromatic rings. The van der Waals surface area contributed by atoms with Crippen LogP contribution < -0.4 is 5.32 Å². The van der Waals surface area contributed by atoms with E-state index in [-0.39, 0.29) is 6.61 Å². The van der Waals surface area contributed by atoms with Crippen molar-refractivity contribution in [3.05, 3.63) is 16.6 Å². The van der Waals surface area contributed by atoms with Gasteiger partial charge in [-0.15, -0.1) is 11.3 Å². The van der Waals surface area contributed by atoms with E-state index in [1.165, 1.54) is 6.42 Å². The average Bonchev–Trinajstić information content (AvgIpc) is 2.70. The fourth-order valence-electron chi connectivity index (χ4n) is 1.88. The smallest absolute Gasteiger partial charge is 0.0795 e. The van der Waals surface area contributed by atoms with Crippen molar-refractivity contribution in [2.45, 2.75) is 33.2 Å². The summed E-state index contributed by atoms with van der Waals surface area (Å²) in [5, 5.41) is 14.5. The summed E-state index contributed by atoms with van der Waals surface area (Å²) < 4.78 is 0. The Morgan fingerprint density at radius 2 is 2.31 bits per heavy atom. The van der Waals surface area contributed by atoms with Gasteiger partial charge in [0.25, 0.3) is 0 Å². The van der Waals surface area contributed by atoms with Crippen LogP contribution >= 0.6 is 11.3 Å². The lowest BCUT2D eigenvalue weighted by Crippen LogP contribution is -2.24. The Morgan fingerprint density at radius 3 is 2.88 bits per heavy atom. The first-order chi connectivity index (χ1) is 7.72. The summed E-state index contributed by atoms with van der Waals surface area (Å²) in [4.78, 5) is 4.23. The van der Waals surface area contributed by atoms with Crippen LogP contribution in [0.15, 0.2) is 10.9 Å². The zero-order valence-corrected chi connectivity index (χ0v) is 11.0. The van der Waals surface area contributed by atoms with Crippen LogP contribution in [-0.4, -0.2) is 23.2 Å². The molecule has 1 heterocycles. The van der Waals surface area contributed by atoms with Gasteiger partial charge in [0.1, 0.15) is 0 Å². The predicted molar refractivity (Wildman–Crippen MR) is 68.5 cm³/mol. The van der Waals surface area contributed by atoms with E-state index in [0.29, 0.717) is 11.8 Å². The third-order valence-corrected chi connectivity index (χ3v) is 3.20. The van der Waals surface area contributed by atoms with Crippen LogP contribution in [0.4, 0.5) is 0 Å². The van der Waals surface area contributed by atoms with Gasteiger partial charge in [-0.05, 0) is 31.2 Å². The summed E-state index contributed by atoms with van der Waals surface area (Å²) >= 11 is 1.63. The molecule has 1 atom stereocenters. The number of nitrogens with one attached hydrogen (secondary N) is 1. The minimum atomic E-state index is 0.287. The Bertz CT molecular complexity index is 262. The highest BCUT2D eigenvalue weighted by atomic mass is 32.1. The van der Waals surface area contributed by atoms with Crippen molar-refractivity contribution < 1.29 is 5.11 Å². The van der Waals surface area contributed by atoms with Crippen molar-refractivity contribution >= 4 is 11.3 Å². The molecule has 0 spiro atoms. The van der Waals surface area contributed by atoms with Crippen LogP contribution in [0.5, 0.6) is 0 Å². The molecule has 0 saturated heterocycles. The normalized spacial score (nSPS) is 13.2. The SMILES string of the molecule is CC(C)CC(CCO)CNCc1cscn1. The molecule has 0 radical (unpaired) electrons. The number of nitrogens with zero attached hydrogens (tertiary/aromatic N) is 1. The lowest BCUT2D eigenvalue weighted by atomic mass is 9.94. The van der Waals surface area contributed by atoms with E-state index in [0.717, 1.165) is 25.2 Å². The molecule has 1 rings (SSSR count). The summed E-state index contributed by atoms with van der Waals surface area (Å²) in [6, 6.07) is 0. The van der Waals surface area contributed by atoms with E-state index in [4.69, 9.17) is 5.11 Å². The second kappa shape index (κ2) is 7.76. The second-order valence-corrected chi connectivity index (χ2v) is 5.34. The van der Waals surface area contributed by atoms with Crippen molar-refractivity contribution in [1.29, 1.82) is 0 Å². The fraction of sp³-hybridized carbons (Fsp3) is 0.750. The molecular formula is C12H22N2OS. The number of thiazole rings is 1. The summed E-state index contributed by atoms with van der Waals surface area (Å²) in [6.07, 6.45) is 2.06. The van der Waals surface area contributed by atoms with Gasteiger partial charge in [0.05, 0.1) is 11.2 Å². The second-order valence-electron chi connectivity index (χ2n) is 4.62. The molecule has 92 valence electrons. The van der Waals surface area contributed by atoms with Crippen LogP contribution in [0.3, 0.4) is 0 Å². The van der Waals surface area contributed by atoms with Gasteiger partial charge in [0.15, 0.2) is 0 Å². The molecule has 3 nitrogen and oxygen atoms in total. The first kappa shape index (κ1) is 13.6. The summed E-state index contributed by atoms with van der Waals surface area (Å²) in [7, 11) is 0. The fourth-order valence-corrected chi connectivity index (χ4v) is 2.44. The zero-order chi connectivity index (χ0) is 11.8. The maximum absolute atomic E-state index is 8.99. The number of rotatable bonds is 8. The molecule has 0 aromatic carbocycles. The number of aliphatic hydroxyl groups excluding tert-OH is 1. The molecule has 0 aliphatic rings. The molecular weight excluding hydrogens is 220 g/mol. The van der Waals surface area contributed by atoms with Gasteiger partial charge in [-0.25, -0.2) is 4.98 Å². The summed E-state index contributed by atoms with van der Waals surface area (Å²) in [5.74, 6) is 1.27. The van der Waals surface area contributed by atoms with E-state index in [1.807, 2.05) is 5.51 Å². The quantitative estimate of drug-likeness (QED) is 0.735. The van der Waals surface area contributed by atoms with Crippen molar-refractivity contribution in [3.63, 3.8) is 0 Å². The predicted octanol–water partition coefficient (Wildman–Crippen LogP) is 2.28. The highest BCUT2D eigenvalue weighted by Gasteiger charge is 2.10. The highest BCUT2D eigenvalue weighted by molar-refractivity contribution is 7.07. The van der Waals surface area contributed by atoms with E-state index in [1.54, 1.807) is 11.3 Å². The largest absolute Gasteiger partial charge is 0.396 e. The third-order valence-electron chi connectivity index (χ3n) is 2.56. The molecule has 4 heteroatoms. The van der Waals surface area contributed by atoms with Crippen molar-refractivity contribution in [1.82, 2.24) is 10.3 Å². The summed E-state index contributed by atoms with van der Waals surface area (Å²) in [5.41, 5.74) is 2.97. The van der Waals surface area contributed by atoms with Crippen molar-refractivity contribution in [3.8, 4) is 0 Å². The van der Waals surface area contributed by atoms with Gasteiger partial charge < -0.3 is 10.4 Å². The highest BCUT2D eigenvalue weighted by Crippen LogP contribution is 2.14. The first-order valence-corrected chi connectivity index (χ1v) is 6.85. The number of aromatic nitrogens is 1. The Kier molecular flexibility index (Phi) is 6.61. The van der Waals surface area contributed by atoms with Crippen LogP contribution in [0.1, 0.15) is 32.4 Å². The molecule has 0 aliphatic heterocycles. The Labute approximate surface area is 102 Å². The number of hydrogen-bond donors (Lipinski definition) is 2. The first-order valence-electron chi connectivity index (χ1n) is 5.91. The lowest BCUT2D eigenvalue weighted by molar-refractivity contribution is 0.239. The molecule has 0 fully saturated rings. The van der Waals surface area contributed by atoms with Gasteiger partial charge in [-0.2, -0.15) is 0 Å². The van der Waals surface area contributed by atoms with Gasteiger partial charge in [0.2, 0.25) is 0 Å². The monoisotopic (exact) mass is 242 g/mol. The Balaban J connectivity index is 2.21. The van der Waals surface area contributed by atoms with Crippen LogP contribution in [-0.2, 0) is 6.54 Å². The van der Waals surface area contributed by atoms with E-state index >= 15 is 0 Å². The molecule has 0 aliphatic carbocycles. The molecule has 0 amide bonds. The Morgan fingerprint density at radius 1 is 1.50 bits per heavy atom. The topological polar surface area (TPSA) is 45.1 Å². The minimum absolute atomic E-state index is 0.287. The number of hydrogen-bond acceptors (Lipinski definition) is 4. The molecule has 16 heavy (non-hydrogen) atoms. The van der Waals surface area contributed by atoms with Crippen LogP contribution in [0, 0.1) is 11.8 Å². The third kappa shape index (κ3) is 5.58.